The molecule has 0 aliphatic rings. The third kappa shape index (κ3) is 5.41. The molecule has 134 valence electrons. The summed E-state index contributed by atoms with van der Waals surface area (Å²) in [7, 11) is 1.71. The lowest BCUT2D eigenvalue weighted by Gasteiger charge is -2.23. The van der Waals surface area contributed by atoms with Crippen LogP contribution in [0, 0.1) is 11.3 Å². The molecule has 0 radical (unpaired) electrons. The van der Waals surface area contributed by atoms with Gasteiger partial charge in [0.1, 0.15) is 0 Å². The average molecular weight is 415 g/mol. The van der Waals surface area contributed by atoms with Crippen molar-refractivity contribution in [1.82, 2.24) is 4.90 Å². The number of nitrogens with one attached hydrogen (secondary N) is 2. The minimum Gasteiger partial charge on any atom is -0.325 e. The van der Waals surface area contributed by atoms with E-state index in [9.17, 15) is 9.59 Å². The minimum atomic E-state index is -0.504. The van der Waals surface area contributed by atoms with Crippen LogP contribution in [0.15, 0.2) is 53.0 Å². The molecule has 0 aromatic heterocycles. The first-order valence-corrected chi connectivity index (χ1v) is 8.75. The van der Waals surface area contributed by atoms with Crippen LogP contribution in [0.5, 0.6) is 0 Å². The zero-order valence-corrected chi connectivity index (χ0v) is 16.1. The summed E-state index contributed by atoms with van der Waals surface area (Å²) in [5.74, 6) is -0.441. The summed E-state index contributed by atoms with van der Waals surface area (Å²) < 4.78 is 0.794. The lowest BCUT2D eigenvalue weighted by molar-refractivity contribution is -0.122. The van der Waals surface area contributed by atoms with Crippen molar-refractivity contribution in [2.45, 2.75) is 13.0 Å². The van der Waals surface area contributed by atoms with Crippen LogP contribution in [0.1, 0.15) is 12.5 Å². The van der Waals surface area contributed by atoms with Crippen LogP contribution in [-0.2, 0) is 9.59 Å². The number of rotatable bonds is 6. The number of nitriles is 1. The predicted octanol–water partition coefficient (Wildman–Crippen LogP) is 3.22. The van der Waals surface area contributed by atoms with Gasteiger partial charge in [0.25, 0.3) is 0 Å². The van der Waals surface area contributed by atoms with Gasteiger partial charge in [0.05, 0.1) is 29.9 Å². The monoisotopic (exact) mass is 414 g/mol. The highest BCUT2D eigenvalue weighted by molar-refractivity contribution is 9.10. The molecule has 0 saturated carbocycles. The van der Waals surface area contributed by atoms with Crippen LogP contribution in [0.2, 0.25) is 0 Å². The molecule has 0 heterocycles. The second-order valence-electron chi connectivity index (χ2n) is 5.80. The van der Waals surface area contributed by atoms with Crippen molar-refractivity contribution in [3.63, 3.8) is 0 Å². The van der Waals surface area contributed by atoms with E-state index in [1.165, 1.54) is 0 Å². The zero-order chi connectivity index (χ0) is 19.1. The van der Waals surface area contributed by atoms with E-state index in [-0.39, 0.29) is 18.4 Å². The lowest BCUT2D eigenvalue weighted by Crippen LogP contribution is -2.43. The van der Waals surface area contributed by atoms with E-state index in [4.69, 9.17) is 5.26 Å². The highest BCUT2D eigenvalue weighted by atomic mass is 79.9. The smallest absolute Gasteiger partial charge is 0.241 e. The fourth-order valence-electron chi connectivity index (χ4n) is 2.19. The van der Waals surface area contributed by atoms with E-state index in [0.717, 1.165) is 4.47 Å². The molecular weight excluding hydrogens is 396 g/mol. The van der Waals surface area contributed by atoms with Crippen LogP contribution < -0.4 is 10.6 Å². The molecule has 2 rings (SSSR count). The Hall–Kier alpha value is -2.69. The van der Waals surface area contributed by atoms with Gasteiger partial charge in [-0.1, -0.05) is 12.1 Å². The maximum absolute atomic E-state index is 12.3. The molecule has 2 aromatic rings. The van der Waals surface area contributed by atoms with Crippen molar-refractivity contribution >= 4 is 39.1 Å². The molecular formula is C19H19BrN4O2. The van der Waals surface area contributed by atoms with Crippen LogP contribution in [-0.4, -0.2) is 36.3 Å². The third-order valence-electron chi connectivity index (χ3n) is 3.86. The molecule has 2 N–H and O–H groups in total. The zero-order valence-electron chi connectivity index (χ0n) is 14.5. The summed E-state index contributed by atoms with van der Waals surface area (Å²) in [5, 5.41) is 14.4. The Morgan fingerprint density at radius 2 is 1.81 bits per heavy atom. The molecule has 0 saturated heterocycles. The largest absolute Gasteiger partial charge is 0.325 e. The summed E-state index contributed by atoms with van der Waals surface area (Å²) in [5.41, 5.74) is 1.81. The Labute approximate surface area is 160 Å². The standard InChI is InChI=1S/C19H19BrN4O2/c1-13(19(26)22-15-9-7-14(11-21)8-10-15)24(2)12-18(25)23-17-6-4-3-5-16(17)20/h3-10,13H,12H2,1-2H3,(H,22,26)(H,23,25)/t13-/m1/s1. The molecule has 6 nitrogen and oxygen atoms in total. The molecule has 0 spiro atoms. The first kappa shape index (κ1) is 19.6. The first-order chi connectivity index (χ1) is 12.4. The number of anilines is 2. The van der Waals surface area contributed by atoms with Crippen LogP contribution in [0.4, 0.5) is 11.4 Å². The van der Waals surface area contributed by atoms with Gasteiger partial charge < -0.3 is 10.6 Å². The maximum atomic E-state index is 12.3. The number of para-hydroxylation sites is 1. The van der Waals surface area contributed by atoms with Crippen molar-refractivity contribution < 1.29 is 9.59 Å². The van der Waals surface area contributed by atoms with Crippen molar-refractivity contribution in [2.75, 3.05) is 24.2 Å². The summed E-state index contributed by atoms with van der Waals surface area (Å²) in [6.07, 6.45) is 0. The number of hydrogen-bond acceptors (Lipinski definition) is 4. The van der Waals surface area contributed by atoms with Crippen molar-refractivity contribution in [3.8, 4) is 6.07 Å². The van der Waals surface area contributed by atoms with E-state index in [0.29, 0.717) is 16.9 Å². The molecule has 0 bridgehead atoms. The number of likely N-dealkylation sites (N-methyl/N-ethyl adjacent to an activating group) is 1. The van der Waals surface area contributed by atoms with E-state index >= 15 is 0 Å². The first-order valence-electron chi connectivity index (χ1n) is 7.96. The number of carbonyl (C=O) groups excluding carboxylic acids is 2. The van der Waals surface area contributed by atoms with Gasteiger partial charge >= 0.3 is 0 Å². The number of halogens is 1. The van der Waals surface area contributed by atoms with Gasteiger partial charge in [0.2, 0.25) is 11.8 Å². The Bertz CT molecular complexity index is 830. The second-order valence-corrected chi connectivity index (χ2v) is 6.65. The molecule has 7 heteroatoms. The number of carbonyl (C=O) groups is 2. The maximum Gasteiger partial charge on any atom is 0.241 e. The normalized spacial score (nSPS) is 11.5. The van der Waals surface area contributed by atoms with Crippen molar-refractivity contribution in [2.24, 2.45) is 0 Å². The molecule has 2 amide bonds. The van der Waals surface area contributed by atoms with E-state index in [1.807, 2.05) is 24.3 Å². The van der Waals surface area contributed by atoms with Crippen LogP contribution in [0.25, 0.3) is 0 Å². The lowest BCUT2D eigenvalue weighted by atomic mass is 10.2. The molecule has 0 aliphatic carbocycles. The summed E-state index contributed by atoms with van der Waals surface area (Å²) in [6, 6.07) is 15.5. The number of hydrogen-bond donors (Lipinski definition) is 2. The highest BCUT2D eigenvalue weighted by Crippen LogP contribution is 2.21. The van der Waals surface area contributed by atoms with E-state index in [2.05, 4.69) is 26.6 Å². The minimum absolute atomic E-state index is 0.0727. The Morgan fingerprint density at radius 3 is 2.42 bits per heavy atom. The molecule has 0 unspecified atom stereocenters. The highest BCUT2D eigenvalue weighted by Gasteiger charge is 2.20. The Kier molecular flexibility index (Phi) is 6.89. The van der Waals surface area contributed by atoms with Gasteiger partial charge in [-0.2, -0.15) is 5.26 Å². The van der Waals surface area contributed by atoms with Gasteiger partial charge in [-0.05, 0) is 66.3 Å². The van der Waals surface area contributed by atoms with Gasteiger partial charge in [0.15, 0.2) is 0 Å². The topological polar surface area (TPSA) is 85.2 Å². The summed E-state index contributed by atoms with van der Waals surface area (Å²) in [6.45, 7) is 1.80. The quantitative estimate of drug-likeness (QED) is 0.759. The summed E-state index contributed by atoms with van der Waals surface area (Å²) in [4.78, 5) is 26.2. The number of nitrogens with zero attached hydrogens (tertiary/aromatic N) is 2. The molecule has 26 heavy (non-hydrogen) atoms. The van der Waals surface area contributed by atoms with E-state index < -0.39 is 6.04 Å². The van der Waals surface area contributed by atoms with Gasteiger partial charge in [0, 0.05) is 10.2 Å². The van der Waals surface area contributed by atoms with E-state index in [1.54, 1.807) is 49.2 Å². The fraction of sp³-hybridized carbons (Fsp3) is 0.211. The number of benzene rings is 2. The molecule has 0 fully saturated rings. The van der Waals surface area contributed by atoms with Gasteiger partial charge in [-0.3, -0.25) is 14.5 Å². The third-order valence-corrected chi connectivity index (χ3v) is 4.55. The summed E-state index contributed by atoms with van der Waals surface area (Å²) >= 11 is 3.38. The number of amides is 2. The predicted molar refractivity (Wildman–Crippen MR) is 105 cm³/mol. The molecule has 0 aliphatic heterocycles. The molecule has 1 atom stereocenters. The van der Waals surface area contributed by atoms with Crippen molar-refractivity contribution in [3.05, 3.63) is 58.6 Å². The SMILES string of the molecule is C[C@H](C(=O)Nc1ccc(C#N)cc1)N(C)CC(=O)Nc1ccccc1Br. The fourth-order valence-corrected chi connectivity index (χ4v) is 2.57. The average Bonchev–Trinajstić information content (AvgIpc) is 2.63. The van der Waals surface area contributed by atoms with Gasteiger partial charge in [-0.15, -0.1) is 0 Å². The van der Waals surface area contributed by atoms with Crippen LogP contribution >= 0.6 is 15.9 Å². The second kappa shape index (κ2) is 9.13. The van der Waals surface area contributed by atoms with Crippen LogP contribution in [0.3, 0.4) is 0 Å². The Morgan fingerprint density at radius 1 is 1.15 bits per heavy atom. The van der Waals surface area contributed by atoms with Crippen molar-refractivity contribution in [1.29, 1.82) is 5.26 Å². The van der Waals surface area contributed by atoms with Gasteiger partial charge in [-0.25, -0.2) is 0 Å². The Balaban J connectivity index is 1.90. The molecule has 2 aromatic carbocycles.